The Labute approximate surface area is 94.0 Å². The molecule has 1 fully saturated rings. The van der Waals surface area contributed by atoms with Crippen LogP contribution in [-0.2, 0) is 6.18 Å². The molecule has 0 atom stereocenters. The number of aromatic nitrogens is 1. The summed E-state index contributed by atoms with van der Waals surface area (Å²) in [5, 5.41) is 10.4. The molecule has 0 amide bonds. The Balaban J connectivity index is 2.48. The van der Waals surface area contributed by atoms with Crippen LogP contribution in [0.25, 0.3) is 0 Å². The molecule has 1 saturated heterocycles. The van der Waals surface area contributed by atoms with Crippen LogP contribution in [0.5, 0.6) is 0 Å². The Morgan fingerprint density at radius 2 is 2.06 bits per heavy atom. The van der Waals surface area contributed by atoms with E-state index < -0.39 is 22.4 Å². The topological polar surface area (TPSA) is 59.3 Å². The number of anilines is 1. The molecule has 0 unspecified atom stereocenters. The third-order valence-corrected chi connectivity index (χ3v) is 2.52. The zero-order valence-corrected chi connectivity index (χ0v) is 8.57. The van der Waals surface area contributed by atoms with Crippen molar-refractivity contribution < 1.29 is 18.1 Å². The first kappa shape index (κ1) is 11.6. The number of pyridine rings is 1. The molecule has 0 radical (unpaired) electrons. The van der Waals surface area contributed by atoms with E-state index in [0.29, 0.717) is 19.2 Å². The van der Waals surface area contributed by atoms with Gasteiger partial charge < -0.3 is 4.90 Å². The second kappa shape index (κ2) is 3.86. The Morgan fingerprint density at radius 1 is 1.41 bits per heavy atom. The minimum atomic E-state index is -4.63. The number of hydrogen-bond donors (Lipinski definition) is 0. The van der Waals surface area contributed by atoms with Crippen molar-refractivity contribution in [2.24, 2.45) is 0 Å². The molecular formula is C9H8F3N3O2. The molecular weight excluding hydrogens is 239 g/mol. The van der Waals surface area contributed by atoms with Crippen molar-refractivity contribution in [1.82, 2.24) is 4.98 Å². The van der Waals surface area contributed by atoms with Gasteiger partial charge in [0.2, 0.25) is 0 Å². The number of rotatable bonds is 2. The summed E-state index contributed by atoms with van der Waals surface area (Å²) in [6.45, 7) is 0.988. The quantitative estimate of drug-likeness (QED) is 0.593. The predicted molar refractivity (Wildman–Crippen MR) is 52.7 cm³/mol. The van der Waals surface area contributed by atoms with E-state index in [4.69, 9.17) is 0 Å². The van der Waals surface area contributed by atoms with Gasteiger partial charge in [-0.25, -0.2) is 4.98 Å². The van der Waals surface area contributed by atoms with Gasteiger partial charge in [-0.15, -0.1) is 0 Å². The smallest absolute Gasteiger partial charge is 0.356 e. The van der Waals surface area contributed by atoms with Gasteiger partial charge in [-0.2, -0.15) is 13.2 Å². The Hall–Kier alpha value is -1.86. The highest BCUT2D eigenvalue weighted by Gasteiger charge is 2.38. The molecule has 0 spiro atoms. The molecule has 92 valence electrons. The first-order chi connectivity index (χ1) is 7.89. The number of hydrogen-bond acceptors (Lipinski definition) is 4. The molecule has 2 heterocycles. The fraction of sp³-hybridized carbons (Fsp3) is 0.444. The number of nitro groups is 1. The van der Waals surface area contributed by atoms with E-state index in [0.717, 1.165) is 12.6 Å². The molecule has 1 aromatic rings. The van der Waals surface area contributed by atoms with Gasteiger partial charge in [-0.3, -0.25) is 10.1 Å². The van der Waals surface area contributed by atoms with Gasteiger partial charge in [0.1, 0.15) is 17.6 Å². The van der Waals surface area contributed by atoms with E-state index >= 15 is 0 Å². The lowest BCUT2D eigenvalue weighted by Crippen LogP contribution is -2.39. The van der Waals surface area contributed by atoms with Crippen LogP contribution in [0.3, 0.4) is 0 Å². The van der Waals surface area contributed by atoms with Gasteiger partial charge in [-0.1, -0.05) is 0 Å². The summed E-state index contributed by atoms with van der Waals surface area (Å²) in [7, 11) is 0. The molecule has 17 heavy (non-hydrogen) atoms. The van der Waals surface area contributed by atoms with E-state index in [-0.39, 0.29) is 5.82 Å². The lowest BCUT2D eigenvalue weighted by molar-refractivity contribution is -0.385. The van der Waals surface area contributed by atoms with Crippen molar-refractivity contribution in [2.45, 2.75) is 12.6 Å². The largest absolute Gasteiger partial charge is 0.420 e. The minimum Gasteiger partial charge on any atom is -0.356 e. The van der Waals surface area contributed by atoms with Gasteiger partial charge in [0.05, 0.1) is 4.92 Å². The second-order valence-electron chi connectivity index (χ2n) is 3.66. The lowest BCUT2D eigenvalue weighted by Gasteiger charge is -2.33. The molecule has 1 aliphatic rings. The standard InChI is InChI=1S/C9H8F3N3O2/c10-9(11,12)7-4-6(15(16)17)5-13-8(7)14-2-1-3-14/h4-5H,1-3H2. The molecule has 0 saturated carbocycles. The van der Waals surface area contributed by atoms with Crippen LogP contribution in [0.15, 0.2) is 12.3 Å². The van der Waals surface area contributed by atoms with E-state index in [2.05, 4.69) is 4.98 Å². The molecule has 1 aromatic heterocycles. The van der Waals surface area contributed by atoms with Crippen LogP contribution in [-0.4, -0.2) is 23.0 Å². The third kappa shape index (κ3) is 2.15. The van der Waals surface area contributed by atoms with E-state index in [1.165, 1.54) is 4.90 Å². The zero-order chi connectivity index (χ0) is 12.6. The van der Waals surface area contributed by atoms with Crippen molar-refractivity contribution in [1.29, 1.82) is 0 Å². The Kier molecular flexibility index (Phi) is 2.64. The lowest BCUT2D eigenvalue weighted by atomic mass is 10.1. The number of halogens is 3. The van der Waals surface area contributed by atoms with Crippen LogP contribution in [0.4, 0.5) is 24.7 Å². The number of nitrogens with zero attached hydrogens (tertiary/aromatic N) is 3. The highest BCUT2D eigenvalue weighted by atomic mass is 19.4. The number of alkyl halides is 3. The highest BCUT2D eigenvalue weighted by Crippen LogP contribution is 2.38. The van der Waals surface area contributed by atoms with Gasteiger partial charge in [0.25, 0.3) is 5.69 Å². The summed E-state index contributed by atoms with van der Waals surface area (Å²) in [6, 6.07) is 0.528. The SMILES string of the molecule is O=[N+]([O-])c1cnc(N2CCC2)c(C(F)(F)F)c1. The maximum absolute atomic E-state index is 12.7. The fourth-order valence-electron chi connectivity index (χ4n) is 1.53. The monoisotopic (exact) mass is 247 g/mol. The van der Waals surface area contributed by atoms with Gasteiger partial charge in [-0.05, 0) is 6.42 Å². The molecule has 0 aliphatic carbocycles. The molecule has 8 heteroatoms. The van der Waals surface area contributed by atoms with Crippen molar-refractivity contribution >= 4 is 11.5 Å². The summed E-state index contributed by atoms with van der Waals surface area (Å²) in [6.07, 6.45) is -2.98. The minimum absolute atomic E-state index is 0.227. The second-order valence-corrected chi connectivity index (χ2v) is 3.66. The van der Waals surface area contributed by atoms with Crippen molar-refractivity contribution in [3.8, 4) is 0 Å². The Bertz CT molecular complexity index is 457. The summed E-state index contributed by atoms with van der Waals surface area (Å²) in [5.74, 6) is -0.227. The van der Waals surface area contributed by atoms with E-state index in [9.17, 15) is 23.3 Å². The van der Waals surface area contributed by atoms with Crippen molar-refractivity contribution in [3.63, 3.8) is 0 Å². The molecule has 1 aliphatic heterocycles. The maximum atomic E-state index is 12.7. The molecule has 5 nitrogen and oxygen atoms in total. The van der Waals surface area contributed by atoms with E-state index in [1.807, 2.05) is 0 Å². The summed E-state index contributed by atoms with van der Waals surface area (Å²) in [5.41, 5.74) is -1.70. The van der Waals surface area contributed by atoms with Crippen LogP contribution in [0.1, 0.15) is 12.0 Å². The average Bonchev–Trinajstić information content (AvgIpc) is 2.13. The van der Waals surface area contributed by atoms with Crippen molar-refractivity contribution in [2.75, 3.05) is 18.0 Å². The van der Waals surface area contributed by atoms with Crippen LogP contribution < -0.4 is 4.90 Å². The van der Waals surface area contributed by atoms with Crippen LogP contribution >= 0.6 is 0 Å². The zero-order valence-electron chi connectivity index (χ0n) is 8.57. The summed E-state index contributed by atoms with van der Waals surface area (Å²) in [4.78, 5) is 14.5. The van der Waals surface area contributed by atoms with Crippen molar-refractivity contribution in [3.05, 3.63) is 27.9 Å². The fourth-order valence-corrected chi connectivity index (χ4v) is 1.53. The first-order valence-corrected chi connectivity index (χ1v) is 4.86. The average molecular weight is 247 g/mol. The molecule has 0 bridgehead atoms. The van der Waals surface area contributed by atoms with Crippen LogP contribution in [0, 0.1) is 10.1 Å². The molecule has 2 rings (SSSR count). The van der Waals surface area contributed by atoms with Crippen LogP contribution in [0.2, 0.25) is 0 Å². The molecule has 0 aromatic carbocycles. The van der Waals surface area contributed by atoms with Gasteiger partial charge >= 0.3 is 6.18 Å². The summed E-state index contributed by atoms with van der Waals surface area (Å²) >= 11 is 0. The maximum Gasteiger partial charge on any atom is 0.420 e. The predicted octanol–water partition coefficient (Wildman–Crippen LogP) is 2.22. The highest BCUT2D eigenvalue weighted by molar-refractivity contribution is 5.53. The Morgan fingerprint density at radius 3 is 2.47 bits per heavy atom. The molecule has 0 N–H and O–H groups in total. The normalized spacial score (nSPS) is 15.6. The van der Waals surface area contributed by atoms with Gasteiger partial charge in [0.15, 0.2) is 0 Å². The van der Waals surface area contributed by atoms with Gasteiger partial charge in [0, 0.05) is 19.2 Å². The third-order valence-electron chi connectivity index (χ3n) is 2.52. The van der Waals surface area contributed by atoms with E-state index in [1.54, 1.807) is 0 Å². The first-order valence-electron chi connectivity index (χ1n) is 4.86. The summed E-state index contributed by atoms with van der Waals surface area (Å²) < 4.78 is 38.2.